The molecule has 4 rings (SSSR count). The zero-order valence-electron chi connectivity index (χ0n) is 19.6. The van der Waals surface area contributed by atoms with Crippen molar-refractivity contribution in [2.24, 2.45) is 0 Å². The van der Waals surface area contributed by atoms with E-state index in [1.807, 2.05) is 4.57 Å². The Bertz CT molecular complexity index is 1240. The molecule has 1 amide bonds. The van der Waals surface area contributed by atoms with Crippen molar-refractivity contribution in [1.82, 2.24) is 29.6 Å². The number of piperazine rings is 1. The summed E-state index contributed by atoms with van der Waals surface area (Å²) in [5.41, 5.74) is 0.325. The third kappa shape index (κ3) is 5.82. The summed E-state index contributed by atoms with van der Waals surface area (Å²) in [6.45, 7) is 3.05. The average molecular weight is 509 g/mol. The maximum atomic E-state index is 12.7. The quantitative estimate of drug-likeness (QED) is 0.431. The number of nitrogens with zero attached hydrogens (tertiary/aromatic N) is 6. The van der Waals surface area contributed by atoms with Crippen molar-refractivity contribution in [2.45, 2.75) is 25.7 Å². The molecule has 0 saturated carbocycles. The van der Waals surface area contributed by atoms with Crippen LogP contribution in [0.25, 0.3) is 10.9 Å². The van der Waals surface area contributed by atoms with Crippen LogP contribution in [0, 0.1) is 0 Å². The van der Waals surface area contributed by atoms with Crippen LogP contribution in [0.15, 0.2) is 29.5 Å². The highest BCUT2D eigenvalue weighted by Gasteiger charge is 2.32. The lowest BCUT2D eigenvalue weighted by Gasteiger charge is -2.34. The van der Waals surface area contributed by atoms with Gasteiger partial charge in [0.2, 0.25) is 11.9 Å². The standard InChI is InChI=1S/C22H26F3N7O4/c1-35-14-16-10-17-18(13-28-29-20(17)34)32(16)7-9-36-8-2-19(33)30-3-5-31(6-4-30)21-26-11-15(12-27-21)22(23,24)25/h10-13H,2-9,14H2,1H3,(H,29,34). The average Bonchev–Trinajstić information content (AvgIpc) is 3.22. The Balaban J connectivity index is 1.21. The normalized spacial score (nSPS) is 14.6. The number of hydrogen-bond acceptors (Lipinski definition) is 8. The summed E-state index contributed by atoms with van der Waals surface area (Å²) >= 11 is 0. The second-order valence-electron chi connectivity index (χ2n) is 8.22. The minimum atomic E-state index is -4.48. The lowest BCUT2D eigenvalue weighted by atomic mass is 10.3. The van der Waals surface area contributed by atoms with Gasteiger partial charge in [0.05, 0.1) is 48.9 Å². The molecule has 1 aliphatic rings. The number of methoxy groups -OCH3 is 1. The molecule has 14 heteroatoms. The van der Waals surface area contributed by atoms with E-state index in [2.05, 4.69) is 20.2 Å². The molecule has 0 aliphatic carbocycles. The van der Waals surface area contributed by atoms with Gasteiger partial charge in [0.15, 0.2) is 0 Å². The molecule has 36 heavy (non-hydrogen) atoms. The number of anilines is 1. The lowest BCUT2D eigenvalue weighted by molar-refractivity contribution is -0.138. The molecule has 1 fully saturated rings. The van der Waals surface area contributed by atoms with E-state index in [9.17, 15) is 22.8 Å². The number of halogens is 3. The number of amides is 1. The van der Waals surface area contributed by atoms with E-state index in [1.54, 1.807) is 29.2 Å². The maximum Gasteiger partial charge on any atom is 0.419 e. The first kappa shape index (κ1) is 25.6. The number of aromatic nitrogens is 5. The highest BCUT2D eigenvalue weighted by atomic mass is 19.4. The molecule has 194 valence electrons. The number of ether oxygens (including phenoxy) is 2. The van der Waals surface area contributed by atoms with Crippen molar-refractivity contribution < 1.29 is 27.4 Å². The molecule has 1 saturated heterocycles. The van der Waals surface area contributed by atoms with Crippen molar-refractivity contribution in [3.63, 3.8) is 0 Å². The summed E-state index contributed by atoms with van der Waals surface area (Å²) < 4.78 is 50.8. The molecule has 1 N–H and O–H groups in total. The number of alkyl halides is 3. The predicted octanol–water partition coefficient (Wildman–Crippen LogP) is 1.44. The van der Waals surface area contributed by atoms with Gasteiger partial charge in [-0.25, -0.2) is 15.1 Å². The van der Waals surface area contributed by atoms with Gasteiger partial charge in [-0.2, -0.15) is 18.3 Å². The van der Waals surface area contributed by atoms with Gasteiger partial charge in [0, 0.05) is 57.9 Å². The topological polar surface area (TPSA) is 118 Å². The number of aromatic amines is 1. The first-order valence-corrected chi connectivity index (χ1v) is 11.3. The van der Waals surface area contributed by atoms with Gasteiger partial charge < -0.3 is 23.8 Å². The molecule has 0 atom stereocenters. The Hall–Kier alpha value is -3.52. The molecule has 3 aromatic heterocycles. The van der Waals surface area contributed by atoms with Gasteiger partial charge >= 0.3 is 6.18 Å². The van der Waals surface area contributed by atoms with Crippen LogP contribution < -0.4 is 10.5 Å². The Morgan fingerprint density at radius 3 is 2.50 bits per heavy atom. The highest BCUT2D eigenvalue weighted by Crippen LogP contribution is 2.28. The third-order valence-electron chi connectivity index (χ3n) is 5.91. The molecule has 0 unspecified atom stereocenters. The van der Waals surface area contributed by atoms with Crippen LogP contribution >= 0.6 is 0 Å². The number of hydrogen-bond donors (Lipinski definition) is 1. The molecule has 4 heterocycles. The van der Waals surface area contributed by atoms with Crippen LogP contribution in [0.5, 0.6) is 0 Å². The van der Waals surface area contributed by atoms with Crippen LogP contribution in [-0.2, 0) is 33.6 Å². The SMILES string of the molecule is COCc1cc2c(=O)[nH]ncc2n1CCOCCC(=O)N1CCN(c2ncc(C(F)(F)F)cn2)CC1. The fourth-order valence-electron chi connectivity index (χ4n) is 4.05. The predicted molar refractivity (Wildman–Crippen MR) is 122 cm³/mol. The molecule has 0 spiro atoms. The maximum absolute atomic E-state index is 12.7. The Labute approximate surface area is 203 Å². The minimum absolute atomic E-state index is 0.0646. The Morgan fingerprint density at radius 2 is 1.83 bits per heavy atom. The van der Waals surface area contributed by atoms with Gasteiger partial charge in [0.25, 0.3) is 5.56 Å². The van der Waals surface area contributed by atoms with Gasteiger partial charge in [-0.3, -0.25) is 9.59 Å². The Morgan fingerprint density at radius 1 is 1.11 bits per heavy atom. The monoisotopic (exact) mass is 509 g/mol. The van der Waals surface area contributed by atoms with E-state index in [4.69, 9.17) is 9.47 Å². The molecule has 0 aromatic carbocycles. The second-order valence-corrected chi connectivity index (χ2v) is 8.22. The molecular formula is C22H26F3N7O4. The van der Waals surface area contributed by atoms with Gasteiger partial charge in [-0.05, 0) is 6.07 Å². The summed E-state index contributed by atoms with van der Waals surface area (Å²) in [4.78, 5) is 35.6. The van der Waals surface area contributed by atoms with Gasteiger partial charge in [0.1, 0.15) is 0 Å². The molecule has 3 aromatic rings. The molecule has 11 nitrogen and oxygen atoms in total. The first-order chi connectivity index (χ1) is 17.3. The summed E-state index contributed by atoms with van der Waals surface area (Å²) in [6, 6.07) is 1.76. The van der Waals surface area contributed by atoms with Crippen molar-refractivity contribution in [1.29, 1.82) is 0 Å². The van der Waals surface area contributed by atoms with Crippen molar-refractivity contribution in [2.75, 3.05) is 51.4 Å². The number of fused-ring (bicyclic) bond motifs is 1. The second kappa shape index (κ2) is 11.0. The zero-order valence-corrected chi connectivity index (χ0v) is 19.6. The molecule has 0 bridgehead atoms. The summed E-state index contributed by atoms with van der Waals surface area (Å²) in [6.07, 6.45) is -1.17. The van der Waals surface area contributed by atoms with E-state index < -0.39 is 11.7 Å². The van der Waals surface area contributed by atoms with Crippen LogP contribution in [0.1, 0.15) is 17.7 Å². The van der Waals surface area contributed by atoms with E-state index in [0.717, 1.165) is 18.1 Å². The smallest absolute Gasteiger partial charge is 0.379 e. The van der Waals surface area contributed by atoms with Crippen LogP contribution in [-0.4, -0.2) is 82.0 Å². The van der Waals surface area contributed by atoms with Crippen molar-refractivity contribution in [3.8, 4) is 0 Å². The number of carbonyl (C=O) groups excluding carboxylic acids is 1. The summed E-state index contributed by atoms with van der Waals surface area (Å²) in [5.74, 6) is 0.145. The van der Waals surface area contributed by atoms with Crippen molar-refractivity contribution >= 4 is 22.8 Å². The van der Waals surface area contributed by atoms with E-state index >= 15 is 0 Å². The largest absolute Gasteiger partial charge is 0.419 e. The third-order valence-corrected chi connectivity index (χ3v) is 5.91. The van der Waals surface area contributed by atoms with Gasteiger partial charge in [-0.15, -0.1) is 0 Å². The number of nitrogens with one attached hydrogen (secondary N) is 1. The van der Waals surface area contributed by atoms with E-state index in [1.165, 1.54) is 0 Å². The van der Waals surface area contributed by atoms with E-state index in [-0.39, 0.29) is 30.4 Å². The number of carbonyl (C=O) groups is 1. The molecular weight excluding hydrogens is 483 g/mol. The first-order valence-electron chi connectivity index (χ1n) is 11.3. The Kier molecular flexibility index (Phi) is 7.84. The fourth-order valence-corrected chi connectivity index (χ4v) is 4.05. The fraction of sp³-hybridized carbons (Fsp3) is 0.500. The van der Waals surface area contributed by atoms with E-state index in [0.29, 0.717) is 56.8 Å². The molecule has 1 aliphatic heterocycles. The number of H-pyrrole nitrogens is 1. The van der Waals surface area contributed by atoms with Crippen molar-refractivity contribution in [3.05, 3.63) is 46.3 Å². The van der Waals surface area contributed by atoms with Gasteiger partial charge in [-0.1, -0.05) is 0 Å². The zero-order chi connectivity index (χ0) is 25.7. The minimum Gasteiger partial charge on any atom is -0.379 e. The van der Waals surface area contributed by atoms with Crippen LogP contribution in [0.2, 0.25) is 0 Å². The van der Waals surface area contributed by atoms with Crippen LogP contribution in [0.4, 0.5) is 19.1 Å². The highest BCUT2D eigenvalue weighted by molar-refractivity contribution is 5.79. The number of rotatable bonds is 9. The summed E-state index contributed by atoms with van der Waals surface area (Å²) in [7, 11) is 1.57. The lowest BCUT2D eigenvalue weighted by Crippen LogP contribution is -2.49. The van der Waals surface area contributed by atoms with Crippen LogP contribution in [0.3, 0.4) is 0 Å². The summed E-state index contributed by atoms with van der Waals surface area (Å²) in [5, 5.41) is 6.79. The molecule has 0 radical (unpaired) electrons.